The quantitative estimate of drug-likeness (QED) is 0.841. The maximum Gasteiger partial charge on any atom is 0.246 e. The molecule has 1 atom stereocenters. The Bertz CT molecular complexity index is 401. The van der Waals surface area contributed by atoms with Gasteiger partial charge in [0.05, 0.1) is 0 Å². The van der Waals surface area contributed by atoms with Gasteiger partial charge in [0.1, 0.15) is 5.54 Å². The average molecular weight is 263 g/mol. The Morgan fingerprint density at radius 1 is 1.16 bits per heavy atom. The Morgan fingerprint density at radius 3 is 2.26 bits per heavy atom. The standard InChI is InChI=1S/C15H25N3O/c1-15(16,13-9-6-5-7-10-13)14(19)18(4)12-8-11-17(2)3/h5-7,9-10H,8,11-12,16H2,1-4H3. The number of benzene rings is 1. The molecule has 0 saturated carbocycles. The second kappa shape index (κ2) is 6.68. The van der Waals surface area contributed by atoms with Crippen LogP contribution in [0.4, 0.5) is 0 Å². The van der Waals surface area contributed by atoms with Gasteiger partial charge in [-0.2, -0.15) is 0 Å². The topological polar surface area (TPSA) is 49.6 Å². The van der Waals surface area contributed by atoms with Gasteiger partial charge < -0.3 is 15.5 Å². The first kappa shape index (κ1) is 15.7. The number of hydrogen-bond acceptors (Lipinski definition) is 3. The summed E-state index contributed by atoms with van der Waals surface area (Å²) in [6.45, 7) is 3.45. The highest BCUT2D eigenvalue weighted by molar-refractivity contribution is 5.86. The molecule has 0 heterocycles. The van der Waals surface area contributed by atoms with E-state index < -0.39 is 5.54 Å². The van der Waals surface area contributed by atoms with Crippen LogP contribution in [0.15, 0.2) is 30.3 Å². The van der Waals surface area contributed by atoms with Crippen molar-refractivity contribution in [1.29, 1.82) is 0 Å². The van der Waals surface area contributed by atoms with Gasteiger partial charge in [0.15, 0.2) is 0 Å². The van der Waals surface area contributed by atoms with E-state index in [2.05, 4.69) is 4.90 Å². The number of nitrogens with zero attached hydrogens (tertiary/aromatic N) is 2. The van der Waals surface area contributed by atoms with Gasteiger partial charge in [-0.05, 0) is 39.5 Å². The highest BCUT2D eigenvalue weighted by Crippen LogP contribution is 2.19. The fourth-order valence-corrected chi connectivity index (χ4v) is 2.03. The smallest absolute Gasteiger partial charge is 0.246 e. The molecule has 1 rings (SSSR count). The van der Waals surface area contributed by atoms with Gasteiger partial charge in [0, 0.05) is 13.6 Å². The van der Waals surface area contributed by atoms with E-state index in [1.54, 1.807) is 11.8 Å². The van der Waals surface area contributed by atoms with Crippen molar-refractivity contribution in [3.8, 4) is 0 Å². The second-order valence-electron chi connectivity index (χ2n) is 5.45. The monoisotopic (exact) mass is 263 g/mol. The van der Waals surface area contributed by atoms with Gasteiger partial charge >= 0.3 is 0 Å². The van der Waals surface area contributed by atoms with E-state index in [0.717, 1.165) is 25.1 Å². The first-order valence-corrected chi connectivity index (χ1v) is 6.60. The molecule has 2 N–H and O–H groups in total. The van der Waals surface area contributed by atoms with Gasteiger partial charge in [0.2, 0.25) is 5.91 Å². The zero-order valence-corrected chi connectivity index (χ0v) is 12.4. The molecule has 1 amide bonds. The van der Waals surface area contributed by atoms with Crippen LogP contribution >= 0.6 is 0 Å². The van der Waals surface area contributed by atoms with Crippen molar-refractivity contribution in [1.82, 2.24) is 9.80 Å². The number of carbonyl (C=O) groups excluding carboxylic acids is 1. The summed E-state index contributed by atoms with van der Waals surface area (Å²) in [4.78, 5) is 16.3. The first-order valence-electron chi connectivity index (χ1n) is 6.60. The summed E-state index contributed by atoms with van der Waals surface area (Å²) in [6.07, 6.45) is 0.945. The number of hydrogen-bond donors (Lipinski definition) is 1. The van der Waals surface area contributed by atoms with Gasteiger partial charge in [-0.15, -0.1) is 0 Å². The van der Waals surface area contributed by atoms with Crippen LogP contribution in [0.2, 0.25) is 0 Å². The summed E-state index contributed by atoms with van der Waals surface area (Å²) in [7, 11) is 5.86. The summed E-state index contributed by atoms with van der Waals surface area (Å²) in [5.74, 6) is -0.0440. The molecule has 4 heteroatoms. The lowest BCUT2D eigenvalue weighted by atomic mass is 9.92. The maximum absolute atomic E-state index is 12.4. The Balaban J connectivity index is 2.65. The van der Waals surface area contributed by atoms with E-state index in [1.165, 1.54) is 0 Å². The van der Waals surface area contributed by atoms with E-state index in [0.29, 0.717) is 0 Å². The molecule has 0 saturated heterocycles. The molecule has 19 heavy (non-hydrogen) atoms. The number of amides is 1. The minimum Gasteiger partial charge on any atom is -0.344 e. The summed E-state index contributed by atoms with van der Waals surface area (Å²) in [5.41, 5.74) is 6.09. The summed E-state index contributed by atoms with van der Waals surface area (Å²) >= 11 is 0. The molecule has 4 nitrogen and oxygen atoms in total. The molecule has 106 valence electrons. The van der Waals surface area contributed by atoms with Crippen LogP contribution in [0.5, 0.6) is 0 Å². The lowest BCUT2D eigenvalue weighted by molar-refractivity contribution is -0.135. The maximum atomic E-state index is 12.4. The molecule has 0 aliphatic rings. The van der Waals surface area contributed by atoms with E-state index in [1.807, 2.05) is 51.5 Å². The molecule has 1 aromatic rings. The second-order valence-corrected chi connectivity index (χ2v) is 5.45. The summed E-state index contributed by atoms with van der Waals surface area (Å²) in [6, 6.07) is 9.52. The third kappa shape index (κ3) is 4.33. The predicted molar refractivity (Wildman–Crippen MR) is 78.8 cm³/mol. The normalized spacial score (nSPS) is 14.2. The number of nitrogens with two attached hydrogens (primary N) is 1. The average Bonchev–Trinajstić information content (AvgIpc) is 2.38. The van der Waals surface area contributed by atoms with Crippen LogP contribution in [0.3, 0.4) is 0 Å². The van der Waals surface area contributed by atoms with Crippen molar-refractivity contribution >= 4 is 5.91 Å². The Morgan fingerprint density at radius 2 is 1.74 bits per heavy atom. The largest absolute Gasteiger partial charge is 0.344 e. The van der Waals surface area contributed by atoms with Crippen molar-refractivity contribution < 1.29 is 4.79 Å². The third-order valence-electron chi connectivity index (χ3n) is 3.26. The number of likely N-dealkylation sites (N-methyl/N-ethyl adjacent to an activating group) is 1. The van der Waals surface area contributed by atoms with Gasteiger partial charge in [-0.1, -0.05) is 30.3 Å². The molecule has 0 spiro atoms. The third-order valence-corrected chi connectivity index (χ3v) is 3.26. The van der Waals surface area contributed by atoms with E-state index in [-0.39, 0.29) is 5.91 Å². The fourth-order valence-electron chi connectivity index (χ4n) is 2.03. The van der Waals surface area contributed by atoms with E-state index >= 15 is 0 Å². The molecular formula is C15H25N3O. The lowest BCUT2D eigenvalue weighted by Gasteiger charge is -2.30. The first-order chi connectivity index (χ1) is 8.85. The molecule has 0 fully saturated rings. The fraction of sp³-hybridized carbons (Fsp3) is 0.533. The molecule has 0 radical (unpaired) electrons. The Labute approximate surface area is 116 Å². The summed E-state index contributed by atoms with van der Waals surface area (Å²) in [5, 5.41) is 0. The molecule has 1 aromatic carbocycles. The highest BCUT2D eigenvalue weighted by Gasteiger charge is 2.32. The zero-order valence-electron chi connectivity index (χ0n) is 12.4. The number of carbonyl (C=O) groups is 1. The van der Waals surface area contributed by atoms with Crippen molar-refractivity contribution in [2.24, 2.45) is 5.73 Å². The molecule has 0 bridgehead atoms. The van der Waals surface area contributed by atoms with Crippen LogP contribution in [0.25, 0.3) is 0 Å². The van der Waals surface area contributed by atoms with Gasteiger partial charge in [-0.25, -0.2) is 0 Å². The van der Waals surface area contributed by atoms with E-state index in [9.17, 15) is 4.79 Å². The molecule has 0 aliphatic heterocycles. The molecule has 1 unspecified atom stereocenters. The van der Waals surface area contributed by atoms with Crippen LogP contribution in [-0.2, 0) is 10.3 Å². The SMILES string of the molecule is CN(C)CCCN(C)C(=O)C(C)(N)c1ccccc1. The predicted octanol–water partition coefficient (Wildman–Crippen LogP) is 1.27. The van der Waals surface area contributed by atoms with Crippen molar-refractivity contribution in [3.63, 3.8) is 0 Å². The minimum absolute atomic E-state index is 0.0440. The van der Waals surface area contributed by atoms with E-state index in [4.69, 9.17) is 5.73 Å². The molecular weight excluding hydrogens is 238 g/mol. The van der Waals surface area contributed by atoms with Crippen molar-refractivity contribution in [3.05, 3.63) is 35.9 Å². The molecule has 0 aromatic heterocycles. The van der Waals surface area contributed by atoms with Gasteiger partial charge in [-0.3, -0.25) is 4.79 Å². The van der Waals surface area contributed by atoms with Crippen LogP contribution in [0.1, 0.15) is 18.9 Å². The van der Waals surface area contributed by atoms with Crippen LogP contribution < -0.4 is 5.73 Å². The summed E-state index contributed by atoms with van der Waals surface area (Å²) < 4.78 is 0. The van der Waals surface area contributed by atoms with Crippen LogP contribution in [-0.4, -0.2) is 49.9 Å². The highest BCUT2D eigenvalue weighted by atomic mass is 16.2. The molecule has 0 aliphatic carbocycles. The van der Waals surface area contributed by atoms with Crippen molar-refractivity contribution in [2.45, 2.75) is 18.9 Å². The Kier molecular flexibility index (Phi) is 5.51. The number of rotatable bonds is 6. The van der Waals surface area contributed by atoms with Gasteiger partial charge in [0.25, 0.3) is 0 Å². The minimum atomic E-state index is -0.964. The Hall–Kier alpha value is -1.39. The van der Waals surface area contributed by atoms with Crippen LogP contribution in [0, 0.1) is 0 Å². The zero-order chi connectivity index (χ0) is 14.5. The lowest BCUT2D eigenvalue weighted by Crippen LogP contribution is -2.50. The van der Waals surface area contributed by atoms with Crippen molar-refractivity contribution in [2.75, 3.05) is 34.2 Å².